The first-order valence-corrected chi connectivity index (χ1v) is 7.77. The van der Waals surface area contributed by atoms with Gasteiger partial charge in [0.2, 0.25) is 11.8 Å². The Bertz CT molecular complexity index is 437. The summed E-state index contributed by atoms with van der Waals surface area (Å²) in [5, 5.41) is 7.65. The van der Waals surface area contributed by atoms with Gasteiger partial charge in [-0.15, -0.1) is 0 Å². The molecular formula is C15H29N4O4+. The Morgan fingerprint density at radius 2 is 1.48 bits per heavy atom. The zero-order valence-corrected chi connectivity index (χ0v) is 14.5. The maximum Gasteiger partial charge on any atom is 0.278 e. The van der Waals surface area contributed by atoms with Gasteiger partial charge in [-0.1, -0.05) is 13.8 Å². The summed E-state index contributed by atoms with van der Waals surface area (Å²) in [6, 6.07) is -2.65. The lowest BCUT2D eigenvalue weighted by molar-refractivity contribution is -0.398. The third-order valence-corrected chi connectivity index (χ3v) is 3.11. The summed E-state index contributed by atoms with van der Waals surface area (Å²) in [5.41, 5.74) is 3.62. The third-order valence-electron chi connectivity index (χ3n) is 3.11. The largest absolute Gasteiger partial charge is 0.348 e. The van der Waals surface area contributed by atoms with E-state index in [0.717, 1.165) is 0 Å². The molecule has 23 heavy (non-hydrogen) atoms. The summed E-state index contributed by atoms with van der Waals surface area (Å²) >= 11 is 0. The number of hydrogen-bond donors (Lipinski definition) is 4. The number of nitrogens with one attached hydrogen (secondary N) is 3. The van der Waals surface area contributed by atoms with Gasteiger partial charge in [-0.3, -0.25) is 14.4 Å². The van der Waals surface area contributed by atoms with E-state index in [1.807, 2.05) is 13.8 Å². The quantitative estimate of drug-likeness (QED) is 0.378. The first kappa shape index (κ1) is 21.0. The lowest BCUT2D eigenvalue weighted by atomic mass is 10.0. The summed E-state index contributed by atoms with van der Waals surface area (Å²) in [6.45, 7) is 8.56. The first-order chi connectivity index (χ1) is 10.6. The lowest BCUT2D eigenvalue weighted by Gasteiger charge is -2.23. The van der Waals surface area contributed by atoms with Gasteiger partial charge >= 0.3 is 0 Å². The number of aldehydes is 1. The molecule has 0 aromatic carbocycles. The van der Waals surface area contributed by atoms with Gasteiger partial charge < -0.3 is 26.5 Å². The van der Waals surface area contributed by atoms with Crippen molar-refractivity contribution in [2.45, 2.75) is 65.2 Å². The van der Waals surface area contributed by atoms with Crippen LogP contribution in [0, 0.1) is 5.92 Å². The Morgan fingerprint density at radius 1 is 0.913 bits per heavy atom. The fourth-order valence-electron chi connectivity index (χ4n) is 1.78. The van der Waals surface area contributed by atoms with Crippen molar-refractivity contribution in [1.29, 1.82) is 0 Å². The minimum atomic E-state index is -0.811. The van der Waals surface area contributed by atoms with E-state index in [4.69, 9.17) is 0 Å². The molecule has 8 nitrogen and oxygen atoms in total. The van der Waals surface area contributed by atoms with Crippen LogP contribution in [0.1, 0.15) is 41.0 Å². The highest BCUT2D eigenvalue weighted by atomic mass is 16.2. The zero-order valence-electron chi connectivity index (χ0n) is 14.5. The molecule has 0 saturated heterocycles. The molecule has 0 rings (SSSR count). The van der Waals surface area contributed by atoms with Crippen molar-refractivity contribution in [2.24, 2.45) is 5.92 Å². The molecule has 0 aromatic rings. The van der Waals surface area contributed by atoms with Crippen LogP contribution < -0.4 is 21.7 Å². The number of amides is 3. The number of quaternary nitrogens is 1. The predicted molar refractivity (Wildman–Crippen MR) is 85.0 cm³/mol. The van der Waals surface area contributed by atoms with Crippen molar-refractivity contribution in [3.8, 4) is 0 Å². The maximum absolute atomic E-state index is 12.3. The molecule has 3 amide bonds. The van der Waals surface area contributed by atoms with Crippen LogP contribution in [0.5, 0.6) is 0 Å². The Balaban J connectivity index is 4.78. The fourth-order valence-corrected chi connectivity index (χ4v) is 1.78. The van der Waals surface area contributed by atoms with Gasteiger partial charge in [-0.05, 0) is 33.1 Å². The van der Waals surface area contributed by atoms with Gasteiger partial charge in [0.05, 0.1) is 6.04 Å². The Labute approximate surface area is 136 Å². The molecule has 0 spiro atoms. The Morgan fingerprint density at radius 3 is 1.91 bits per heavy atom. The van der Waals surface area contributed by atoms with E-state index in [2.05, 4.69) is 21.7 Å². The molecule has 4 atom stereocenters. The first-order valence-electron chi connectivity index (χ1n) is 7.77. The molecule has 8 heteroatoms. The van der Waals surface area contributed by atoms with Gasteiger partial charge in [-0.25, -0.2) is 0 Å². The second-order valence-corrected chi connectivity index (χ2v) is 6.26. The molecule has 0 aliphatic rings. The SMILES string of the molecule is CC(C)C[C@H](NC(=O)[C@H](C)[NH3+])C(=O)N[C@@H](C)C(=O)N[C@@H](C)C=O. The van der Waals surface area contributed by atoms with Crippen LogP contribution in [-0.2, 0) is 19.2 Å². The number of rotatable bonds is 9. The van der Waals surface area contributed by atoms with Gasteiger partial charge in [0.1, 0.15) is 18.4 Å². The van der Waals surface area contributed by atoms with Crippen molar-refractivity contribution >= 4 is 24.0 Å². The fraction of sp³-hybridized carbons (Fsp3) is 0.733. The van der Waals surface area contributed by atoms with E-state index in [9.17, 15) is 19.2 Å². The van der Waals surface area contributed by atoms with Gasteiger partial charge in [0.25, 0.3) is 5.91 Å². The molecule has 6 N–H and O–H groups in total. The smallest absolute Gasteiger partial charge is 0.278 e. The van der Waals surface area contributed by atoms with Crippen LogP contribution in [0.25, 0.3) is 0 Å². The van der Waals surface area contributed by atoms with Crippen molar-refractivity contribution in [3.05, 3.63) is 0 Å². The van der Waals surface area contributed by atoms with E-state index in [0.29, 0.717) is 12.7 Å². The summed E-state index contributed by atoms with van der Waals surface area (Å²) < 4.78 is 0. The highest BCUT2D eigenvalue weighted by molar-refractivity contribution is 5.93. The topological polar surface area (TPSA) is 132 Å². The van der Waals surface area contributed by atoms with Gasteiger partial charge in [-0.2, -0.15) is 0 Å². The van der Waals surface area contributed by atoms with Crippen molar-refractivity contribution in [1.82, 2.24) is 16.0 Å². The normalized spacial score (nSPS) is 16.0. The molecule has 0 unspecified atom stereocenters. The van der Waals surface area contributed by atoms with Gasteiger partial charge in [0, 0.05) is 0 Å². The molecule has 0 radical (unpaired) electrons. The molecule has 0 fully saturated rings. The lowest BCUT2D eigenvalue weighted by Crippen LogP contribution is -2.67. The number of carbonyl (C=O) groups excluding carboxylic acids is 4. The third kappa shape index (κ3) is 8.29. The van der Waals surface area contributed by atoms with Crippen LogP contribution in [-0.4, -0.2) is 48.2 Å². The van der Waals surface area contributed by atoms with E-state index >= 15 is 0 Å². The Hall–Kier alpha value is -1.96. The molecule has 0 aliphatic heterocycles. The van der Waals surface area contributed by atoms with Crippen LogP contribution in [0.3, 0.4) is 0 Å². The molecule has 0 aromatic heterocycles. The van der Waals surface area contributed by atoms with Crippen molar-refractivity contribution < 1.29 is 24.9 Å². The van der Waals surface area contributed by atoms with E-state index in [1.165, 1.54) is 13.8 Å². The van der Waals surface area contributed by atoms with Crippen molar-refractivity contribution in [2.75, 3.05) is 0 Å². The van der Waals surface area contributed by atoms with E-state index in [-0.39, 0.29) is 11.8 Å². The molecule has 0 bridgehead atoms. The average Bonchev–Trinajstić information content (AvgIpc) is 2.45. The highest BCUT2D eigenvalue weighted by Gasteiger charge is 2.27. The minimum Gasteiger partial charge on any atom is -0.348 e. The Kier molecular flexibility index (Phi) is 9.09. The minimum absolute atomic E-state index is 0.186. The molecule has 0 heterocycles. The summed E-state index contributed by atoms with van der Waals surface area (Å²) in [4.78, 5) is 46.5. The number of carbonyl (C=O) groups is 4. The van der Waals surface area contributed by atoms with Crippen LogP contribution in [0.15, 0.2) is 0 Å². The summed E-state index contributed by atoms with van der Waals surface area (Å²) in [7, 11) is 0. The molecule has 0 saturated carbocycles. The molecular weight excluding hydrogens is 300 g/mol. The van der Waals surface area contributed by atoms with E-state index in [1.54, 1.807) is 6.92 Å². The predicted octanol–water partition coefficient (Wildman–Crippen LogP) is -1.64. The second kappa shape index (κ2) is 9.94. The summed E-state index contributed by atoms with van der Waals surface area (Å²) in [5.74, 6) is -1.03. The number of hydrogen-bond acceptors (Lipinski definition) is 4. The highest BCUT2D eigenvalue weighted by Crippen LogP contribution is 2.05. The second-order valence-electron chi connectivity index (χ2n) is 6.26. The standard InChI is InChI=1S/C15H28N4O4/c1-8(2)6-12(19-13(21)10(4)16)15(23)18-11(5)14(22)17-9(3)7-20/h7-12H,6,16H2,1-5H3,(H,17,22)(H,18,23)(H,19,21)/p+1/t9-,10-,11-,12-/m0/s1. The van der Waals surface area contributed by atoms with Crippen molar-refractivity contribution in [3.63, 3.8) is 0 Å². The van der Waals surface area contributed by atoms with Crippen LogP contribution in [0.4, 0.5) is 0 Å². The zero-order chi connectivity index (χ0) is 18.2. The average molecular weight is 329 g/mol. The monoisotopic (exact) mass is 329 g/mol. The summed E-state index contributed by atoms with van der Waals surface area (Å²) in [6.07, 6.45) is 1.05. The molecule has 132 valence electrons. The van der Waals surface area contributed by atoms with Gasteiger partial charge in [0.15, 0.2) is 6.04 Å². The molecule has 0 aliphatic carbocycles. The van der Waals surface area contributed by atoms with E-state index < -0.39 is 36.0 Å². The van der Waals surface area contributed by atoms with Crippen LogP contribution >= 0.6 is 0 Å². The maximum atomic E-state index is 12.3. The van der Waals surface area contributed by atoms with Crippen LogP contribution in [0.2, 0.25) is 0 Å².